The molecule has 29 heavy (non-hydrogen) atoms. The van der Waals surface area contributed by atoms with Gasteiger partial charge in [-0.2, -0.15) is 0 Å². The molecule has 0 saturated carbocycles. The second-order valence-electron chi connectivity index (χ2n) is 7.34. The molecule has 1 aromatic carbocycles. The van der Waals surface area contributed by atoms with E-state index in [2.05, 4.69) is 10.3 Å². The number of nitrogens with zero attached hydrogens (tertiary/aromatic N) is 3. The van der Waals surface area contributed by atoms with Crippen molar-refractivity contribution in [1.29, 1.82) is 0 Å². The van der Waals surface area contributed by atoms with Crippen molar-refractivity contribution >= 4 is 17.6 Å². The van der Waals surface area contributed by atoms with Gasteiger partial charge in [-0.3, -0.25) is 18.9 Å². The zero-order valence-electron chi connectivity index (χ0n) is 15.7. The van der Waals surface area contributed by atoms with Gasteiger partial charge in [-0.15, -0.1) is 0 Å². The lowest BCUT2D eigenvalue weighted by atomic mass is 9.84. The topological polar surface area (TPSA) is 93.0 Å². The molecule has 4 heterocycles. The van der Waals surface area contributed by atoms with Gasteiger partial charge in [-0.1, -0.05) is 24.3 Å². The zero-order valence-corrected chi connectivity index (χ0v) is 15.7. The van der Waals surface area contributed by atoms with E-state index in [9.17, 15) is 14.4 Å². The number of benzene rings is 1. The first-order chi connectivity index (χ1) is 14.0. The normalized spacial score (nSPS) is 20.7. The Balaban J connectivity index is 1.52. The number of carbonyl (C=O) groups is 2. The molecule has 8 heteroatoms. The second kappa shape index (κ2) is 6.16. The summed E-state index contributed by atoms with van der Waals surface area (Å²) in [6.45, 7) is 2.14. The highest BCUT2D eigenvalue weighted by Gasteiger charge is 2.54. The SMILES string of the molecule is Cc1ccc2nc(CN3C(=O)N[C@]4(CCOc5ccccc54)C3=O)cc(=O)n2c1. The van der Waals surface area contributed by atoms with E-state index in [1.807, 2.05) is 25.1 Å². The van der Waals surface area contributed by atoms with Crippen molar-refractivity contribution in [2.75, 3.05) is 6.61 Å². The summed E-state index contributed by atoms with van der Waals surface area (Å²) in [6.07, 6.45) is 2.05. The lowest BCUT2D eigenvalue weighted by Crippen LogP contribution is -2.47. The zero-order chi connectivity index (χ0) is 20.2. The first-order valence-electron chi connectivity index (χ1n) is 9.33. The van der Waals surface area contributed by atoms with Crippen LogP contribution in [-0.4, -0.2) is 32.8 Å². The minimum Gasteiger partial charge on any atom is -0.493 e. The van der Waals surface area contributed by atoms with Crippen LogP contribution in [0.4, 0.5) is 4.79 Å². The van der Waals surface area contributed by atoms with Crippen LogP contribution in [0.1, 0.15) is 23.2 Å². The van der Waals surface area contributed by atoms with Crippen LogP contribution >= 0.6 is 0 Å². The van der Waals surface area contributed by atoms with E-state index >= 15 is 0 Å². The van der Waals surface area contributed by atoms with Crippen LogP contribution in [0, 0.1) is 6.92 Å². The van der Waals surface area contributed by atoms with Gasteiger partial charge in [0.05, 0.1) is 18.8 Å². The maximum atomic E-state index is 13.3. The Hall–Kier alpha value is -3.68. The van der Waals surface area contributed by atoms with Crippen LogP contribution in [0.5, 0.6) is 5.75 Å². The van der Waals surface area contributed by atoms with E-state index in [1.54, 1.807) is 24.4 Å². The molecule has 8 nitrogen and oxygen atoms in total. The largest absolute Gasteiger partial charge is 0.493 e. The lowest BCUT2D eigenvalue weighted by molar-refractivity contribution is -0.133. The Morgan fingerprint density at radius 3 is 2.86 bits per heavy atom. The summed E-state index contributed by atoms with van der Waals surface area (Å²) in [6, 6.07) is 11.7. The van der Waals surface area contributed by atoms with Crippen molar-refractivity contribution in [3.8, 4) is 5.75 Å². The average molecular weight is 390 g/mol. The fourth-order valence-corrected chi connectivity index (χ4v) is 4.02. The van der Waals surface area contributed by atoms with Crippen LogP contribution in [-0.2, 0) is 16.9 Å². The third-order valence-electron chi connectivity index (χ3n) is 5.44. The monoisotopic (exact) mass is 390 g/mol. The highest BCUT2D eigenvalue weighted by molar-refractivity contribution is 6.07. The Morgan fingerprint density at radius 2 is 2.00 bits per heavy atom. The number of para-hydroxylation sites is 1. The number of imide groups is 1. The molecule has 1 saturated heterocycles. The van der Waals surface area contributed by atoms with E-state index in [4.69, 9.17) is 4.74 Å². The summed E-state index contributed by atoms with van der Waals surface area (Å²) in [7, 11) is 0. The van der Waals surface area contributed by atoms with Gasteiger partial charge < -0.3 is 10.1 Å². The Kier molecular flexibility index (Phi) is 3.70. The number of hydrogen-bond acceptors (Lipinski definition) is 5. The summed E-state index contributed by atoms with van der Waals surface area (Å²) >= 11 is 0. The molecule has 1 N–H and O–H groups in total. The smallest absolute Gasteiger partial charge is 0.325 e. The number of aromatic nitrogens is 2. The van der Waals surface area contributed by atoms with Crippen LogP contribution < -0.4 is 15.6 Å². The van der Waals surface area contributed by atoms with Crippen LogP contribution in [0.15, 0.2) is 53.5 Å². The number of aryl methyl sites for hydroxylation is 1. The summed E-state index contributed by atoms with van der Waals surface area (Å²) < 4.78 is 7.09. The highest BCUT2D eigenvalue weighted by atomic mass is 16.5. The first-order valence-corrected chi connectivity index (χ1v) is 9.33. The van der Waals surface area contributed by atoms with E-state index in [-0.39, 0.29) is 18.0 Å². The van der Waals surface area contributed by atoms with Gasteiger partial charge in [0.2, 0.25) is 0 Å². The molecule has 3 aromatic rings. The van der Waals surface area contributed by atoms with E-state index in [0.717, 1.165) is 10.5 Å². The maximum Gasteiger partial charge on any atom is 0.325 e. The highest BCUT2D eigenvalue weighted by Crippen LogP contribution is 2.41. The van der Waals surface area contributed by atoms with Crippen molar-refractivity contribution in [3.63, 3.8) is 0 Å². The van der Waals surface area contributed by atoms with Crippen LogP contribution in [0.25, 0.3) is 5.65 Å². The molecule has 2 aromatic heterocycles. The standard InChI is InChI=1S/C21H18N4O4/c1-13-6-7-17-22-14(10-18(26)24(17)11-13)12-25-19(27)21(23-20(25)28)8-9-29-16-5-3-2-4-15(16)21/h2-7,10-11H,8-9,12H2,1H3,(H,23,28)/t21-/m0/s1. The molecule has 0 aliphatic carbocycles. The number of amides is 3. The minimum absolute atomic E-state index is 0.0743. The van der Waals surface area contributed by atoms with Crippen LogP contribution in [0.3, 0.4) is 0 Å². The molecule has 2 aliphatic rings. The maximum absolute atomic E-state index is 13.3. The number of nitrogens with one attached hydrogen (secondary N) is 1. The van der Waals surface area contributed by atoms with Gasteiger partial charge in [0.25, 0.3) is 11.5 Å². The number of hydrogen-bond donors (Lipinski definition) is 1. The van der Waals surface area contributed by atoms with Gasteiger partial charge in [-0.05, 0) is 24.6 Å². The van der Waals surface area contributed by atoms with E-state index < -0.39 is 11.6 Å². The second-order valence-corrected chi connectivity index (χ2v) is 7.34. The predicted molar refractivity (Wildman–Crippen MR) is 104 cm³/mol. The Bertz CT molecular complexity index is 1230. The first kappa shape index (κ1) is 17.4. The fourth-order valence-electron chi connectivity index (χ4n) is 4.02. The molecule has 1 spiro atoms. The summed E-state index contributed by atoms with van der Waals surface area (Å²) in [4.78, 5) is 44.1. The molecule has 0 unspecified atom stereocenters. The molecular weight excluding hydrogens is 372 g/mol. The van der Waals surface area contributed by atoms with Gasteiger partial charge in [-0.25, -0.2) is 9.78 Å². The summed E-state index contributed by atoms with van der Waals surface area (Å²) in [5.74, 6) is 0.232. The van der Waals surface area contributed by atoms with Gasteiger partial charge in [0.15, 0.2) is 5.54 Å². The number of fused-ring (bicyclic) bond motifs is 3. The quantitative estimate of drug-likeness (QED) is 0.673. The summed E-state index contributed by atoms with van der Waals surface area (Å²) in [5, 5.41) is 2.85. The number of urea groups is 1. The third kappa shape index (κ3) is 2.60. The molecule has 2 aliphatic heterocycles. The molecule has 146 valence electrons. The predicted octanol–water partition coefficient (Wildman–Crippen LogP) is 1.73. The number of carbonyl (C=O) groups excluding carboxylic acids is 2. The molecule has 0 radical (unpaired) electrons. The molecular formula is C21H18N4O4. The van der Waals surface area contributed by atoms with Crippen molar-refractivity contribution in [3.05, 3.63) is 75.8 Å². The number of pyridine rings is 1. The summed E-state index contributed by atoms with van der Waals surface area (Å²) in [5.41, 5.74) is 1.01. The van der Waals surface area contributed by atoms with Crippen LogP contribution in [0.2, 0.25) is 0 Å². The Labute approximate surface area is 165 Å². The van der Waals surface area contributed by atoms with Crippen molar-refractivity contribution in [2.45, 2.75) is 25.4 Å². The van der Waals surface area contributed by atoms with Crippen molar-refractivity contribution in [2.24, 2.45) is 0 Å². The van der Waals surface area contributed by atoms with Crippen molar-refractivity contribution < 1.29 is 14.3 Å². The molecule has 5 rings (SSSR count). The Morgan fingerprint density at radius 1 is 1.17 bits per heavy atom. The van der Waals surface area contributed by atoms with E-state index in [0.29, 0.717) is 35.7 Å². The fraction of sp³-hybridized carbons (Fsp3) is 0.238. The molecule has 0 bridgehead atoms. The minimum atomic E-state index is -1.14. The van der Waals surface area contributed by atoms with Gasteiger partial charge in [0, 0.05) is 24.2 Å². The molecule has 3 amide bonds. The van der Waals surface area contributed by atoms with Crippen molar-refractivity contribution in [1.82, 2.24) is 19.6 Å². The molecule has 1 fully saturated rings. The van der Waals surface area contributed by atoms with E-state index in [1.165, 1.54) is 10.5 Å². The number of rotatable bonds is 2. The molecule has 1 atom stereocenters. The average Bonchev–Trinajstić information content (AvgIpc) is 2.94. The lowest BCUT2D eigenvalue weighted by Gasteiger charge is -2.33. The van der Waals surface area contributed by atoms with Gasteiger partial charge >= 0.3 is 6.03 Å². The number of ether oxygens (including phenoxy) is 1. The third-order valence-corrected chi connectivity index (χ3v) is 5.44. The van der Waals surface area contributed by atoms with Gasteiger partial charge in [0.1, 0.15) is 11.4 Å².